The van der Waals surface area contributed by atoms with Gasteiger partial charge >= 0.3 is 0 Å². The highest BCUT2D eigenvalue weighted by atomic mass is 32.1. The van der Waals surface area contributed by atoms with Gasteiger partial charge in [-0.3, -0.25) is 9.59 Å². The Hall–Kier alpha value is -2.99. The van der Waals surface area contributed by atoms with Crippen LogP contribution in [-0.4, -0.2) is 18.8 Å². The van der Waals surface area contributed by atoms with Gasteiger partial charge in [0.2, 0.25) is 0 Å². The molecule has 0 radical (unpaired) electrons. The number of para-hydroxylation sites is 1. The molecule has 0 saturated carbocycles. The maximum absolute atomic E-state index is 13.2. The number of carbonyl (C=O) groups excluding carboxylic acids is 2. The highest BCUT2D eigenvalue weighted by Crippen LogP contribution is 2.26. The molecule has 0 aliphatic heterocycles. The van der Waals surface area contributed by atoms with E-state index in [1.165, 1.54) is 23.5 Å². The summed E-state index contributed by atoms with van der Waals surface area (Å²) in [6.45, 7) is -0.228. The Morgan fingerprint density at radius 3 is 2.58 bits per heavy atom. The van der Waals surface area contributed by atoms with E-state index in [1.807, 2.05) is 17.5 Å². The summed E-state index contributed by atoms with van der Waals surface area (Å²) < 4.78 is 18.7. The number of rotatable bonds is 7. The van der Waals surface area contributed by atoms with Crippen LogP contribution in [0.2, 0.25) is 0 Å². The summed E-state index contributed by atoms with van der Waals surface area (Å²) in [5.41, 5.74) is 1.16. The number of thiophene rings is 1. The molecule has 2 aromatic carbocycles. The van der Waals surface area contributed by atoms with Crippen LogP contribution in [0.4, 0.5) is 4.39 Å². The second-order valence-electron chi connectivity index (χ2n) is 5.51. The third-order valence-corrected chi connectivity index (χ3v) is 4.68. The molecule has 1 atom stereocenters. The molecule has 1 aromatic heterocycles. The van der Waals surface area contributed by atoms with Crippen LogP contribution in [-0.2, 0) is 4.79 Å². The predicted molar refractivity (Wildman–Crippen MR) is 98.0 cm³/mol. The Morgan fingerprint density at radius 2 is 1.88 bits per heavy atom. The summed E-state index contributed by atoms with van der Waals surface area (Å²) in [6, 6.07) is 16.1. The Morgan fingerprint density at radius 1 is 1.12 bits per heavy atom. The molecule has 132 valence electrons. The summed E-state index contributed by atoms with van der Waals surface area (Å²) in [7, 11) is 0. The van der Waals surface area contributed by atoms with Gasteiger partial charge in [-0.2, -0.15) is 0 Å². The standard InChI is InChI=1S/C20H16FNO3S/c21-16-9-7-14(8-10-16)20(18-6-3-11-26-18)22-19(24)13-25-17-5-2-1-4-15(17)12-23/h1-12,20H,13H2,(H,22,24). The fourth-order valence-electron chi connectivity index (χ4n) is 2.48. The first-order chi connectivity index (χ1) is 12.7. The molecule has 1 amide bonds. The quantitative estimate of drug-likeness (QED) is 0.641. The Balaban J connectivity index is 1.71. The van der Waals surface area contributed by atoms with Crippen molar-refractivity contribution in [3.05, 3.63) is 87.9 Å². The maximum atomic E-state index is 13.2. The van der Waals surface area contributed by atoms with Crippen molar-refractivity contribution in [2.45, 2.75) is 6.04 Å². The third-order valence-electron chi connectivity index (χ3n) is 3.74. The van der Waals surface area contributed by atoms with Crippen molar-refractivity contribution >= 4 is 23.5 Å². The zero-order valence-corrected chi connectivity index (χ0v) is 14.5. The molecule has 4 nitrogen and oxygen atoms in total. The number of amides is 1. The van der Waals surface area contributed by atoms with E-state index in [0.29, 0.717) is 17.6 Å². The van der Waals surface area contributed by atoms with Gasteiger partial charge in [0.25, 0.3) is 5.91 Å². The van der Waals surface area contributed by atoms with E-state index in [-0.39, 0.29) is 18.3 Å². The summed E-state index contributed by atoms with van der Waals surface area (Å²) in [5.74, 6) is -0.320. The number of halogens is 1. The second kappa shape index (κ2) is 8.40. The number of ether oxygens (including phenoxy) is 1. The molecule has 26 heavy (non-hydrogen) atoms. The first-order valence-corrected chi connectivity index (χ1v) is 8.80. The highest BCUT2D eigenvalue weighted by molar-refractivity contribution is 7.10. The molecule has 3 rings (SSSR count). The van der Waals surface area contributed by atoms with Gasteiger partial charge in [-0.1, -0.05) is 30.3 Å². The zero-order chi connectivity index (χ0) is 18.4. The molecule has 1 heterocycles. The van der Waals surface area contributed by atoms with E-state index in [0.717, 1.165) is 10.4 Å². The van der Waals surface area contributed by atoms with Crippen LogP contribution >= 0.6 is 11.3 Å². The number of benzene rings is 2. The van der Waals surface area contributed by atoms with Crippen molar-refractivity contribution in [2.75, 3.05) is 6.61 Å². The number of nitrogens with one attached hydrogen (secondary N) is 1. The van der Waals surface area contributed by atoms with E-state index >= 15 is 0 Å². The zero-order valence-electron chi connectivity index (χ0n) is 13.7. The van der Waals surface area contributed by atoms with Gasteiger partial charge in [-0.05, 0) is 41.3 Å². The van der Waals surface area contributed by atoms with E-state index in [1.54, 1.807) is 36.4 Å². The van der Waals surface area contributed by atoms with E-state index in [9.17, 15) is 14.0 Å². The molecule has 6 heteroatoms. The van der Waals surface area contributed by atoms with Crippen LogP contribution in [0.25, 0.3) is 0 Å². The lowest BCUT2D eigenvalue weighted by molar-refractivity contribution is -0.123. The summed E-state index contributed by atoms with van der Waals surface area (Å²) in [6.07, 6.45) is 0.681. The van der Waals surface area contributed by atoms with Crippen LogP contribution in [0.15, 0.2) is 66.0 Å². The number of hydrogen-bond acceptors (Lipinski definition) is 4. The van der Waals surface area contributed by atoms with Gasteiger partial charge in [0.15, 0.2) is 12.9 Å². The van der Waals surface area contributed by atoms with Crippen LogP contribution in [0, 0.1) is 5.82 Å². The lowest BCUT2D eigenvalue weighted by atomic mass is 10.1. The van der Waals surface area contributed by atoms with Crippen molar-refractivity contribution in [1.29, 1.82) is 0 Å². The van der Waals surface area contributed by atoms with Crippen molar-refractivity contribution in [2.24, 2.45) is 0 Å². The van der Waals surface area contributed by atoms with Crippen molar-refractivity contribution in [3.63, 3.8) is 0 Å². The first-order valence-electron chi connectivity index (χ1n) is 7.92. The summed E-state index contributed by atoms with van der Waals surface area (Å²) in [5, 5.41) is 4.81. The predicted octanol–water partition coefficient (Wildman–Crippen LogP) is 3.98. The molecule has 0 bridgehead atoms. The number of carbonyl (C=O) groups is 2. The first kappa shape index (κ1) is 17.8. The van der Waals surface area contributed by atoms with Crippen LogP contribution in [0.3, 0.4) is 0 Å². The Kier molecular flexibility index (Phi) is 5.76. The topological polar surface area (TPSA) is 55.4 Å². The number of aldehydes is 1. The largest absolute Gasteiger partial charge is 0.483 e. The van der Waals surface area contributed by atoms with Crippen molar-refractivity contribution in [3.8, 4) is 5.75 Å². The number of hydrogen-bond donors (Lipinski definition) is 1. The maximum Gasteiger partial charge on any atom is 0.258 e. The van der Waals surface area contributed by atoms with Crippen molar-refractivity contribution in [1.82, 2.24) is 5.32 Å². The molecule has 0 spiro atoms. The minimum Gasteiger partial charge on any atom is -0.483 e. The normalized spacial score (nSPS) is 11.6. The Bertz CT molecular complexity index is 878. The molecule has 1 N–H and O–H groups in total. The van der Waals surface area contributed by atoms with Gasteiger partial charge in [0.05, 0.1) is 11.6 Å². The molecule has 0 saturated heterocycles. The van der Waals surface area contributed by atoms with Gasteiger partial charge in [0, 0.05) is 4.88 Å². The fourth-order valence-corrected chi connectivity index (χ4v) is 3.29. The van der Waals surface area contributed by atoms with E-state index in [4.69, 9.17) is 4.74 Å². The van der Waals surface area contributed by atoms with Crippen molar-refractivity contribution < 1.29 is 18.7 Å². The molecular formula is C20H16FNO3S. The smallest absolute Gasteiger partial charge is 0.258 e. The lowest BCUT2D eigenvalue weighted by Gasteiger charge is -2.18. The highest BCUT2D eigenvalue weighted by Gasteiger charge is 2.18. The minimum atomic E-state index is -0.395. The van der Waals surface area contributed by atoms with Gasteiger partial charge in [-0.25, -0.2) is 4.39 Å². The van der Waals surface area contributed by atoms with Crippen LogP contribution in [0.5, 0.6) is 5.75 Å². The van der Waals surface area contributed by atoms with Gasteiger partial charge in [-0.15, -0.1) is 11.3 Å². The van der Waals surface area contributed by atoms with Gasteiger partial charge < -0.3 is 10.1 Å². The molecule has 0 aliphatic rings. The van der Waals surface area contributed by atoms with E-state index in [2.05, 4.69) is 5.32 Å². The molecule has 0 fully saturated rings. The van der Waals surface area contributed by atoms with E-state index < -0.39 is 6.04 Å². The van der Waals surface area contributed by atoms with Crippen LogP contribution in [0.1, 0.15) is 26.8 Å². The SMILES string of the molecule is O=Cc1ccccc1OCC(=O)NC(c1ccc(F)cc1)c1cccs1. The summed E-state index contributed by atoms with van der Waals surface area (Å²) >= 11 is 1.50. The second-order valence-corrected chi connectivity index (χ2v) is 6.49. The average molecular weight is 369 g/mol. The summed E-state index contributed by atoms with van der Waals surface area (Å²) in [4.78, 5) is 24.3. The van der Waals surface area contributed by atoms with Crippen LogP contribution < -0.4 is 10.1 Å². The fraction of sp³-hybridized carbons (Fsp3) is 0.100. The average Bonchev–Trinajstić information content (AvgIpc) is 3.20. The molecule has 0 aliphatic carbocycles. The minimum absolute atomic E-state index is 0.228. The molecule has 1 unspecified atom stereocenters. The molecule has 3 aromatic rings. The third kappa shape index (κ3) is 4.34. The monoisotopic (exact) mass is 369 g/mol. The molecular weight excluding hydrogens is 353 g/mol. The Labute approximate surface area is 154 Å². The van der Waals surface area contributed by atoms with Gasteiger partial charge in [0.1, 0.15) is 11.6 Å². The lowest BCUT2D eigenvalue weighted by Crippen LogP contribution is -2.33.